The molecule has 3 nitrogen and oxygen atoms in total. The van der Waals surface area contributed by atoms with Crippen molar-refractivity contribution in [3.05, 3.63) is 35.9 Å². The Morgan fingerprint density at radius 3 is 2.62 bits per heavy atom. The topological polar surface area (TPSA) is 32.7 Å². The molecule has 1 aromatic rings. The van der Waals surface area contributed by atoms with Crippen LogP contribution in [0.2, 0.25) is 0 Å². The number of fused-ring (bicyclic) bond motifs is 2. The largest absolute Gasteiger partial charge is 0.295 e. The van der Waals surface area contributed by atoms with Crippen LogP contribution in [-0.2, 0) is 0 Å². The molecular formula is C18H22N2O. The zero-order valence-electron chi connectivity index (χ0n) is 12.4. The molecule has 110 valence electrons. The minimum atomic E-state index is -0.0534. The number of hydrogen-bond acceptors (Lipinski definition) is 2. The van der Waals surface area contributed by atoms with Gasteiger partial charge in [-0.2, -0.15) is 0 Å². The van der Waals surface area contributed by atoms with Gasteiger partial charge in [-0.15, -0.1) is 0 Å². The van der Waals surface area contributed by atoms with Crippen LogP contribution in [0.25, 0.3) is 0 Å². The summed E-state index contributed by atoms with van der Waals surface area (Å²) < 4.78 is 0. The van der Waals surface area contributed by atoms with Gasteiger partial charge in [-0.05, 0) is 69.2 Å². The monoisotopic (exact) mass is 282 g/mol. The van der Waals surface area contributed by atoms with E-state index >= 15 is 0 Å². The Morgan fingerprint density at radius 2 is 1.86 bits per heavy atom. The van der Waals surface area contributed by atoms with E-state index < -0.39 is 0 Å². The standard InChI is InChI=1S/C18H22N2O/c21-18(13-6-2-1-3-7-13)19-16-14-8-9-15(12-14)17(16)20-10-4-5-11-20/h1-3,6-7,14-15,17H,4-5,8-12H2/t14-,15+,17-/m1/s1. The Hall–Kier alpha value is -1.48. The van der Waals surface area contributed by atoms with Gasteiger partial charge in [0.25, 0.3) is 5.91 Å². The summed E-state index contributed by atoms with van der Waals surface area (Å²) in [5.74, 6) is 1.26. The quantitative estimate of drug-likeness (QED) is 0.834. The molecule has 3 atom stereocenters. The fourth-order valence-corrected chi connectivity index (χ4v) is 4.48. The number of likely N-dealkylation sites (tertiary alicyclic amines) is 1. The molecule has 0 N–H and O–H groups in total. The van der Waals surface area contributed by atoms with Crippen LogP contribution in [0.4, 0.5) is 0 Å². The third-order valence-corrected chi connectivity index (χ3v) is 5.43. The fraction of sp³-hybridized carbons (Fsp3) is 0.556. The van der Waals surface area contributed by atoms with Crippen LogP contribution in [0, 0.1) is 11.8 Å². The first kappa shape index (κ1) is 13.2. The first-order valence-electron chi connectivity index (χ1n) is 8.25. The van der Waals surface area contributed by atoms with Crippen LogP contribution in [-0.4, -0.2) is 35.7 Å². The van der Waals surface area contributed by atoms with E-state index in [0.717, 1.165) is 5.92 Å². The summed E-state index contributed by atoms with van der Waals surface area (Å²) in [4.78, 5) is 19.6. The number of amides is 1. The number of nitrogens with zero attached hydrogens (tertiary/aromatic N) is 2. The fourth-order valence-electron chi connectivity index (χ4n) is 4.48. The van der Waals surface area contributed by atoms with Crippen molar-refractivity contribution in [3.8, 4) is 0 Å². The van der Waals surface area contributed by atoms with Crippen molar-refractivity contribution in [3.63, 3.8) is 0 Å². The molecule has 3 heteroatoms. The van der Waals surface area contributed by atoms with Crippen molar-refractivity contribution in [1.29, 1.82) is 0 Å². The highest BCUT2D eigenvalue weighted by molar-refractivity contribution is 6.07. The molecule has 3 fully saturated rings. The third-order valence-electron chi connectivity index (χ3n) is 5.43. The van der Waals surface area contributed by atoms with Crippen molar-refractivity contribution in [2.75, 3.05) is 13.1 Å². The van der Waals surface area contributed by atoms with E-state index in [2.05, 4.69) is 9.89 Å². The smallest absolute Gasteiger partial charge is 0.276 e. The van der Waals surface area contributed by atoms with E-state index in [-0.39, 0.29) is 5.91 Å². The van der Waals surface area contributed by atoms with E-state index in [4.69, 9.17) is 0 Å². The number of carbonyl (C=O) groups is 1. The van der Waals surface area contributed by atoms with Gasteiger partial charge >= 0.3 is 0 Å². The number of aliphatic imine (C=N–C) groups is 1. The Kier molecular flexibility index (Phi) is 3.38. The van der Waals surface area contributed by atoms with Gasteiger partial charge in [0, 0.05) is 11.3 Å². The van der Waals surface area contributed by atoms with E-state index in [9.17, 15) is 4.79 Å². The molecule has 0 spiro atoms. The number of hydrogen-bond donors (Lipinski definition) is 0. The van der Waals surface area contributed by atoms with Crippen LogP contribution in [0.1, 0.15) is 42.5 Å². The maximum atomic E-state index is 12.4. The molecule has 1 aromatic carbocycles. The summed E-state index contributed by atoms with van der Waals surface area (Å²) in [6, 6.07) is 9.95. The van der Waals surface area contributed by atoms with Gasteiger partial charge in [-0.1, -0.05) is 18.2 Å². The highest BCUT2D eigenvalue weighted by atomic mass is 16.1. The molecule has 2 bridgehead atoms. The van der Waals surface area contributed by atoms with E-state index in [1.165, 1.54) is 50.9 Å². The lowest BCUT2D eigenvalue weighted by Crippen LogP contribution is -2.43. The average molecular weight is 282 g/mol. The van der Waals surface area contributed by atoms with Crippen LogP contribution in [0.15, 0.2) is 35.3 Å². The van der Waals surface area contributed by atoms with Gasteiger partial charge in [0.2, 0.25) is 0 Å². The Balaban J connectivity index is 1.62. The number of benzene rings is 1. The first-order chi connectivity index (χ1) is 10.3. The summed E-state index contributed by atoms with van der Waals surface area (Å²) in [6.07, 6.45) is 6.41. The molecule has 2 saturated carbocycles. The van der Waals surface area contributed by atoms with Crippen molar-refractivity contribution in [1.82, 2.24) is 4.90 Å². The van der Waals surface area contributed by atoms with E-state index in [1.807, 2.05) is 30.3 Å². The molecule has 1 heterocycles. The molecule has 2 aliphatic carbocycles. The van der Waals surface area contributed by atoms with Crippen LogP contribution >= 0.6 is 0 Å². The zero-order chi connectivity index (χ0) is 14.2. The third kappa shape index (κ3) is 2.34. The second-order valence-electron chi connectivity index (χ2n) is 6.67. The predicted octanol–water partition coefficient (Wildman–Crippen LogP) is 3.16. The molecule has 4 rings (SSSR count). The first-order valence-corrected chi connectivity index (χ1v) is 8.25. The maximum Gasteiger partial charge on any atom is 0.276 e. The lowest BCUT2D eigenvalue weighted by Gasteiger charge is -2.32. The lowest BCUT2D eigenvalue weighted by atomic mass is 9.92. The Morgan fingerprint density at radius 1 is 1.10 bits per heavy atom. The summed E-state index contributed by atoms with van der Waals surface area (Å²) in [7, 11) is 0. The molecule has 1 aliphatic heterocycles. The highest BCUT2D eigenvalue weighted by Crippen LogP contribution is 2.45. The normalized spacial score (nSPS) is 33.9. The highest BCUT2D eigenvalue weighted by Gasteiger charge is 2.48. The minimum absolute atomic E-state index is 0.0534. The Bertz CT molecular complexity index is 560. The molecule has 0 aromatic heterocycles. The van der Waals surface area contributed by atoms with Crippen LogP contribution in [0.3, 0.4) is 0 Å². The van der Waals surface area contributed by atoms with Gasteiger partial charge < -0.3 is 0 Å². The maximum absolute atomic E-state index is 12.4. The number of carbonyl (C=O) groups excluding carboxylic acids is 1. The van der Waals surface area contributed by atoms with Gasteiger partial charge in [0.15, 0.2) is 0 Å². The van der Waals surface area contributed by atoms with Gasteiger partial charge in [-0.3, -0.25) is 9.69 Å². The summed E-state index contributed by atoms with van der Waals surface area (Å²) >= 11 is 0. The second kappa shape index (κ2) is 5.38. The molecule has 0 unspecified atom stereocenters. The second-order valence-corrected chi connectivity index (χ2v) is 6.67. The number of rotatable bonds is 2. The molecule has 21 heavy (non-hydrogen) atoms. The van der Waals surface area contributed by atoms with Gasteiger partial charge in [0.05, 0.1) is 6.04 Å². The molecule has 1 amide bonds. The summed E-state index contributed by atoms with van der Waals surface area (Å²) in [6.45, 7) is 2.37. The molecular weight excluding hydrogens is 260 g/mol. The Labute approximate surface area is 126 Å². The minimum Gasteiger partial charge on any atom is -0.295 e. The zero-order valence-corrected chi connectivity index (χ0v) is 12.4. The summed E-state index contributed by atoms with van der Waals surface area (Å²) in [5.41, 5.74) is 1.91. The average Bonchev–Trinajstić information content (AvgIpc) is 3.25. The van der Waals surface area contributed by atoms with Gasteiger partial charge in [-0.25, -0.2) is 4.99 Å². The van der Waals surface area contributed by atoms with Crippen molar-refractivity contribution in [2.45, 2.75) is 38.1 Å². The molecule has 3 aliphatic rings. The van der Waals surface area contributed by atoms with E-state index in [0.29, 0.717) is 17.5 Å². The van der Waals surface area contributed by atoms with Gasteiger partial charge in [0.1, 0.15) is 0 Å². The lowest BCUT2D eigenvalue weighted by molar-refractivity contribution is 0.100. The SMILES string of the molecule is O=C(N=C1[C@@H]2CC[C@@H](C2)[C@H]1N1CCCC1)c1ccccc1. The van der Waals surface area contributed by atoms with Crippen molar-refractivity contribution >= 4 is 11.6 Å². The van der Waals surface area contributed by atoms with Crippen molar-refractivity contribution < 1.29 is 4.79 Å². The van der Waals surface area contributed by atoms with Crippen LogP contribution in [0.5, 0.6) is 0 Å². The predicted molar refractivity (Wildman–Crippen MR) is 83.6 cm³/mol. The molecule has 1 saturated heterocycles. The van der Waals surface area contributed by atoms with E-state index in [1.54, 1.807) is 0 Å². The summed E-state index contributed by atoms with van der Waals surface area (Å²) in [5, 5.41) is 0. The van der Waals surface area contributed by atoms with Crippen molar-refractivity contribution in [2.24, 2.45) is 16.8 Å². The molecule has 0 radical (unpaired) electrons. The van der Waals surface area contributed by atoms with Crippen LogP contribution < -0.4 is 0 Å².